The van der Waals surface area contributed by atoms with Gasteiger partial charge in [-0.3, -0.25) is 0 Å². The second-order valence-corrected chi connectivity index (χ2v) is 1.57. The molecular formula is C4H9O6P. The number of carbonyl (C=O) groups is 2. The second-order valence-electron chi connectivity index (χ2n) is 1.57. The summed E-state index contributed by atoms with van der Waals surface area (Å²) in [7, 11) is 0. The van der Waals surface area contributed by atoms with Crippen LogP contribution in [0.1, 0.15) is 0 Å². The summed E-state index contributed by atoms with van der Waals surface area (Å²) in [6.45, 7) is 0. The molecule has 3 unspecified atom stereocenters. The molecule has 6 nitrogen and oxygen atoms in total. The Bertz CT molecular complexity index is 139. The van der Waals surface area contributed by atoms with Crippen molar-refractivity contribution < 1.29 is 30.0 Å². The van der Waals surface area contributed by atoms with Gasteiger partial charge in [0.15, 0.2) is 12.2 Å². The van der Waals surface area contributed by atoms with Crippen molar-refractivity contribution in [3.8, 4) is 0 Å². The van der Waals surface area contributed by atoms with Crippen LogP contribution in [-0.2, 0) is 9.59 Å². The van der Waals surface area contributed by atoms with Gasteiger partial charge in [-0.1, -0.05) is 0 Å². The smallest absolute Gasteiger partial charge is 0.335 e. The van der Waals surface area contributed by atoms with Gasteiger partial charge in [-0.2, -0.15) is 9.90 Å². The van der Waals surface area contributed by atoms with E-state index < -0.39 is 24.1 Å². The van der Waals surface area contributed by atoms with E-state index in [0.29, 0.717) is 0 Å². The molecule has 0 saturated heterocycles. The first-order chi connectivity index (χ1) is 4.46. The van der Waals surface area contributed by atoms with Gasteiger partial charge in [0, 0.05) is 0 Å². The molecule has 7 heteroatoms. The quantitative estimate of drug-likeness (QED) is 0.375. The standard InChI is InChI=1S/C4H6O6.H3P/c5-1(3(7)8)2(6)4(9)10;/h1-2,5-6H,(H,7,8)(H,9,10);1H3. The van der Waals surface area contributed by atoms with Gasteiger partial charge in [0.25, 0.3) is 0 Å². The first-order valence-corrected chi connectivity index (χ1v) is 2.28. The van der Waals surface area contributed by atoms with Gasteiger partial charge in [0.2, 0.25) is 0 Å². The first-order valence-electron chi connectivity index (χ1n) is 2.28. The Morgan fingerprint density at radius 2 is 1.09 bits per heavy atom. The third-order valence-corrected chi connectivity index (χ3v) is 0.805. The van der Waals surface area contributed by atoms with E-state index >= 15 is 0 Å². The minimum absolute atomic E-state index is 0. The van der Waals surface area contributed by atoms with Crippen molar-refractivity contribution in [3.63, 3.8) is 0 Å². The third-order valence-electron chi connectivity index (χ3n) is 0.805. The molecule has 0 rings (SSSR count). The largest absolute Gasteiger partial charge is 0.479 e. The van der Waals surface area contributed by atoms with Crippen LogP contribution in [0.4, 0.5) is 0 Å². The zero-order valence-electron chi connectivity index (χ0n) is 5.47. The van der Waals surface area contributed by atoms with E-state index in [1.165, 1.54) is 0 Å². The van der Waals surface area contributed by atoms with Crippen LogP contribution in [0.15, 0.2) is 0 Å². The highest BCUT2D eigenvalue weighted by atomic mass is 31.0. The van der Waals surface area contributed by atoms with E-state index in [2.05, 4.69) is 0 Å². The summed E-state index contributed by atoms with van der Waals surface area (Å²) < 4.78 is 0. The molecule has 0 bridgehead atoms. The fraction of sp³-hybridized carbons (Fsp3) is 0.500. The number of hydrogen-bond donors (Lipinski definition) is 4. The summed E-state index contributed by atoms with van der Waals surface area (Å²) in [5.41, 5.74) is 0. The molecule has 0 saturated carbocycles. The maximum Gasteiger partial charge on any atom is 0.335 e. The number of carboxylic acid groups (broad SMARTS) is 2. The molecule has 0 fully saturated rings. The SMILES string of the molecule is O=C(O)C(O)C(O)C(=O)O.P. The monoisotopic (exact) mass is 184 g/mol. The number of hydrogen-bond acceptors (Lipinski definition) is 4. The van der Waals surface area contributed by atoms with Gasteiger partial charge in [0.1, 0.15) is 0 Å². The summed E-state index contributed by atoms with van der Waals surface area (Å²) in [5, 5.41) is 32.5. The lowest BCUT2D eigenvalue weighted by Gasteiger charge is -2.07. The van der Waals surface area contributed by atoms with E-state index in [1.807, 2.05) is 0 Å². The Hall–Kier alpha value is -0.710. The molecule has 0 aliphatic rings. The lowest BCUT2D eigenvalue weighted by molar-refractivity contribution is -0.165. The molecule has 0 aliphatic carbocycles. The van der Waals surface area contributed by atoms with Crippen molar-refractivity contribution in [2.24, 2.45) is 0 Å². The Morgan fingerprint density at radius 3 is 1.18 bits per heavy atom. The highest BCUT2D eigenvalue weighted by molar-refractivity contribution is 6.92. The van der Waals surface area contributed by atoms with Crippen molar-refractivity contribution in [2.75, 3.05) is 0 Å². The fourth-order valence-corrected chi connectivity index (χ4v) is 0.270. The molecule has 0 heterocycles. The van der Waals surface area contributed by atoms with Crippen LogP contribution in [0.5, 0.6) is 0 Å². The Kier molecular flexibility index (Phi) is 5.88. The fourth-order valence-electron chi connectivity index (χ4n) is 0.270. The van der Waals surface area contributed by atoms with Crippen LogP contribution in [0.25, 0.3) is 0 Å². The molecule has 0 aromatic carbocycles. The van der Waals surface area contributed by atoms with Crippen LogP contribution in [0.3, 0.4) is 0 Å². The molecule has 0 aliphatic heterocycles. The van der Waals surface area contributed by atoms with Crippen molar-refractivity contribution in [1.82, 2.24) is 0 Å². The molecule has 0 aromatic heterocycles. The summed E-state index contributed by atoms with van der Waals surface area (Å²) in [6.07, 6.45) is -4.53. The molecule has 0 amide bonds. The molecule has 0 spiro atoms. The first kappa shape index (κ1) is 12.9. The number of rotatable bonds is 3. The second kappa shape index (κ2) is 5.01. The van der Waals surface area contributed by atoms with Gasteiger partial charge in [0.05, 0.1) is 0 Å². The van der Waals surface area contributed by atoms with Crippen molar-refractivity contribution in [1.29, 1.82) is 0 Å². The molecule has 66 valence electrons. The Labute approximate surface area is 65.1 Å². The van der Waals surface area contributed by atoms with Crippen LogP contribution in [0, 0.1) is 0 Å². The summed E-state index contributed by atoms with van der Waals surface area (Å²) in [4.78, 5) is 19.5. The molecule has 4 N–H and O–H groups in total. The molecular weight excluding hydrogens is 175 g/mol. The lowest BCUT2D eigenvalue weighted by Crippen LogP contribution is -2.39. The maximum absolute atomic E-state index is 9.77. The van der Waals surface area contributed by atoms with Gasteiger partial charge in [-0.15, -0.1) is 0 Å². The van der Waals surface area contributed by atoms with Crippen LogP contribution in [-0.4, -0.2) is 44.6 Å². The average molecular weight is 184 g/mol. The van der Waals surface area contributed by atoms with E-state index in [4.69, 9.17) is 20.4 Å². The molecule has 0 aromatic rings. The average Bonchev–Trinajstić information content (AvgIpc) is 1.84. The van der Waals surface area contributed by atoms with Gasteiger partial charge in [-0.25, -0.2) is 9.59 Å². The summed E-state index contributed by atoms with van der Waals surface area (Å²) in [5.74, 6) is -3.54. The van der Waals surface area contributed by atoms with E-state index in [0.717, 1.165) is 0 Å². The van der Waals surface area contributed by atoms with E-state index in [-0.39, 0.29) is 9.90 Å². The minimum atomic E-state index is -2.27. The highest BCUT2D eigenvalue weighted by Gasteiger charge is 2.29. The minimum Gasteiger partial charge on any atom is -0.479 e. The van der Waals surface area contributed by atoms with E-state index in [9.17, 15) is 9.59 Å². The Balaban J connectivity index is 0. The molecule has 11 heavy (non-hydrogen) atoms. The van der Waals surface area contributed by atoms with Crippen LogP contribution < -0.4 is 0 Å². The zero-order chi connectivity index (χ0) is 8.31. The zero-order valence-corrected chi connectivity index (χ0v) is 6.88. The lowest BCUT2D eigenvalue weighted by atomic mass is 10.2. The number of aliphatic hydroxyl groups excluding tert-OH is 2. The van der Waals surface area contributed by atoms with Gasteiger partial charge < -0.3 is 20.4 Å². The predicted octanol–water partition coefficient (Wildman–Crippen LogP) is -2.06. The number of carboxylic acids is 2. The summed E-state index contributed by atoms with van der Waals surface area (Å²) in [6, 6.07) is 0. The Morgan fingerprint density at radius 1 is 0.909 bits per heavy atom. The topological polar surface area (TPSA) is 115 Å². The summed E-state index contributed by atoms with van der Waals surface area (Å²) >= 11 is 0. The van der Waals surface area contributed by atoms with Crippen molar-refractivity contribution in [3.05, 3.63) is 0 Å². The van der Waals surface area contributed by atoms with Crippen LogP contribution >= 0.6 is 9.90 Å². The van der Waals surface area contributed by atoms with Gasteiger partial charge >= 0.3 is 11.9 Å². The highest BCUT2D eigenvalue weighted by Crippen LogP contribution is 1.92. The van der Waals surface area contributed by atoms with Crippen molar-refractivity contribution in [2.45, 2.75) is 12.2 Å². The normalized spacial score (nSPS) is 14.4. The number of aliphatic carboxylic acids is 2. The predicted molar refractivity (Wildman–Crippen MR) is 38.4 cm³/mol. The van der Waals surface area contributed by atoms with E-state index in [1.54, 1.807) is 0 Å². The van der Waals surface area contributed by atoms with Crippen molar-refractivity contribution >= 4 is 21.8 Å². The van der Waals surface area contributed by atoms with Crippen LogP contribution in [0.2, 0.25) is 0 Å². The maximum atomic E-state index is 9.77. The number of aliphatic hydroxyl groups is 2. The molecule has 3 atom stereocenters. The third kappa shape index (κ3) is 3.87. The molecule has 0 radical (unpaired) electrons. The van der Waals surface area contributed by atoms with Gasteiger partial charge in [-0.05, 0) is 0 Å².